The van der Waals surface area contributed by atoms with E-state index in [0.717, 1.165) is 15.7 Å². The van der Waals surface area contributed by atoms with Crippen molar-refractivity contribution in [2.45, 2.75) is 12.1 Å². The number of nitro benzene ring substituents is 1. The van der Waals surface area contributed by atoms with Crippen LogP contribution in [0.2, 0.25) is 0 Å². The van der Waals surface area contributed by atoms with Gasteiger partial charge in [-0.25, -0.2) is 4.90 Å². The minimum atomic E-state index is -0.968. The SMILES string of the molecule is O=C(Nc1ccc([N+](=O)[O-])cc1)[C@@H]1[C@@H]2C(=O)N(c3cccc(Br)c3)C(=O)[C@@H]2[C@H]2C=Cc3ccccc3N21. The number of carbonyl (C=O) groups excluding carboxylic acids is 3. The predicted molar refractivity (Wildman–Crippen MR) is 141 cm³/mol. The number of para-hydroxylation sites is 1. The lowest BCUT2D eigenvalue weighted by Crippen LogP contribution is -2.50. The predicted octanol–water partition coefficient (Wildman–Crippen LogP) is 4.39. The Balaban J connectivity index is 1.41. The fraction of sp³-hybridized carbons (Fsp3) is 0.148. The molecule has 3 aliphatic rings. The van der Waals surface area contributed by atoms with Crippen molar-refractivity contribution in [1.82, 2.24) is 0 Å². The van der Waals surface area contributed by atoms with E-state index in [0.29, 0.717) is 11.4 Å². The molecule has 0 radical (unpaired) electrons. The van der Waals surface area contributed by atoms with Gasteiger partial charge in [-0.2, -0.15) is 0 Å². The van der Waals surface area contributed by atoms with Gasteiger partial charge in [-0.15, -0.1) is 0 Å². The number of hydrogen-bond donors (Lipinski definition) is 1. The Kier molecular flexibility index (Phi) is 5.41. The second-order valence-corrected chi connectivity index (χ2v) is 10.0. The quantitative estimate of drug-likeness (QED) is 0.288. The first kappa shape index (κ1) is 23.1. The van der Waals surface area contributed by atoms with Crippen molar-refractivity contribution < 1.29 is 19.3 Å². The average molecular weight is 559 g/mol. The summed E-state index contributed by atoms with van der Waals surface area (Å²) < 4.78 is 0.725. The van der Waals surface area contributed by atoms with Crippen LogP contribution in [0.5, 0.6) is 0 Å². The molecule has 3 aromatic carbocycles. The lowest BCUT2D eigenvalue weighted by atomic mass is 9.88. The lowest BCUT2D eigenvalue weighted by molar-refractivity contribution is -0.384. The molecule has 3 aromatic rings. The number of fused-ring (bicyclic) bond motifs is 5. The number of halogens is 1. The number of hydrogen-bond acceptors (Lipinski definition) is 6. The fourth-order valence-corrected chi connectivity index (χ4v) is 5.95. The number of benzene rings is 3. The van der Waals surface area contributed by atoms with Crippen LogP contribution in [-0.4, -0.2) is 34.7 Å². The van der Waals surface area contributed by atoms with E-state index in [9.17, 15) is 24.5 Å². The van der Waals surface area contributed by atoms with Crippen LogP contribution in [0.15, 0.2) is 83.3 Å². The Morgan fingerprint density at radius 2 is 1.68 bits per heavy atom. The molecule has 3 aliphatic heterocycles. The summed E-state index contributed by atoms with van der Waals surface area (Å²) in [6.07, 6.45) is 3.80. The smallest absolute Gasteiger partial charge is 0.269 e. The highest BCUT2D eigenvalue weighted by molar-refractivity contribution is 9.10. The summed E-state index contributed by atoms with van der Waals surface area (Å²) in [7, 11) is 0. The molecular formula is C27H19BrN4O5. The third-order valence-electron chi connectivity index (χ3n) is 7.10. The average Bonchev–Trinajstić information content (AvgIpc) is 3.37. The number of carbonyl (C=O) groups is 3. The maximum Gasteiger partial charge on any atom is 0.269 e. The molecule has 2 saturated heterocycles. The van der Waals surface area contributed by atoms with Crippen LogP contribution in [0.4, 0.5) is 22.7 Å². The molecule has 37 heavy (non-hydrogen) atoms. The molecule has 0 aliphatic carbocycles. The zero-order valence-corrected chi connectivity index (χ0v) is 20.7. The molecule has 4 atom stereocenters. The largest absolute Gasteiger partial charge is 0.351 e. The third kappa shape index (κ3) is 3.63. The first-order valence-electron chi connectivity index (χ1n) is 11.6. The van der Waals surface area contributed by atoms with Crippen molar-refractivity contribution in [2.75, 3.05) is 15.1 Å². The Bertz CT molecular complexity index is 1500. The van der Waals surface area contributed by atoms with E-state index < -0.39 is 40.7 Å². The summed E-state index contributed by atoms with van der Waals surface area (Å²) in [4.78, 5) is 54.9. The Labute approximate surface area is 219 Å². The first-order valence-corrected chi connectivity index (χ1v) is 12.4. The maximum absolute atomic E-state index is 13.8. The Hall–Kier alpha value is -4.31. The van der Waals surface area contributed by atoms with E-state index in [-0.39, 0.29) is 11.6 Å². The topological polar surface area (TPSA) is 113 Å². The summed E-state index contributed by atoms with van der Waals surface area (Å²) in [6, 6.07) is 18.5. The van der Waals surface area contributed by atoms with Crippen molar-refractivity contribution in [3.63, 3.8) is 0 Å². The number of non-ortho nitro benzene ring substituents is 1. The third-order valence-corrected chi connectivity index (χ3v) is 7.59. The molecule has 0 saturated carbocycles. The molecule has 0 bridgehead atoms. The number of amides is 3. The molecule has 184 valence electrons. The fourth-order valence-electron chi connectivity index (χ4n) is 5.57. The number of rotatable bonds is 4. The van der Waals surface area contributed by atoms with Crippen LogP contribution in [-0.2, 0) is 14.4 Å². The summed E-state index contributed by atoms with van der Waals surface area (Å²) in [5.41, 5.74) is 2.35. The van der Waals surface area contributed by atoms with E-state index in [1.54, 1.807) is 24.3 Å². The Morgan fingerprint density at radius 1 is 0.946 bits per heavy atom. The second kappa shape index (κ2) is 8.67. The number of nitrogens with zero attached hydrogens (tertiary/aromatic N) is 3. The molecular weight excluding hydrogens is 540 g/mol. The number of nitrogens with one attached hydrogen (secondary N) is 1. The summed E-state index contributed by atoms with van der Waals surface area (Å²) in [5.74, 6) is -2.90. The van der Waals surface area contributed by atoms with Crippen molar-refractivity contribution in [3.8, 4) is 0 Å². The van der Waals surface area contributed by atoms with Crippen molar-refractivity contribution >= 4 is 62.5 Å². The Morgan fingerprint density at radius 3 is 2.41 bits per heavy atom. The van der Waals surface area contributed by atoms with Crippen molar-refractivity contribution in [3.05, 3.63) is 99.0 Å². The monoisotopic (exact) mass is 558 g/mol. The highest BCUT2D eigenvalue weighted by atomic mass is 79.9. The van der Waals surface area contributed by atoms with Gasteiger partial charge in [0.15, 0.2) is 0 Å². The second-order valence-electron chi connectivity index (χ2n) is 9.10. The summed E-state index contributed by atoms with van der Waals surface area (Å²) in [5, 5.41) is 13.8. The van der Waals surface area contributed by atoms with Gasteiger partial charge in [-0.05, 0) is 42.0 Å². The normalized spacial score (nSPS) is 23.5. The van der Waals surface area contributed by atoms with E-state index in [2.05, 4.69) is 21.2 Å². The van der Waals surface area contributed by atoms with Crippen LogP contribution in [0.1, 0.15) is 5.56 Å². The molecule has 0 unspecified atom stereocenters. The standard InChI is InChI=1S/C27H19BrN4O5/c28-16-5-3-6-19(14-16)30-26(34)22-21-13-8-15-4-1-2-7-20(15)31(21)24(23(22)27(30)35)25(33)29-17-9-11-18(12-10-17)32(36)37/h1-14,21-24H,(H,29,33)/t21-,22-,23-,24+/m1/s1. The number of nitro groups is 1. The molecule has 2 fully saturated rings. The molecule has 9 nitrogen and oxygen atoms in total. The molecule has 3 amide bonds. The van der Waals surface area contributed by atoms with Crippen LogP contribution in [0.3, 0.4) is 0 Å². The minimum Gasteiger partial charge on any atom is -0.351 e. The van der Waals surface area contributed by atoms with E-state index in [4.69, 9.17) is 0 Å². The van der Waals surface area contributed by atoms with E-state index >= 15 is 0 Å². The van der Waals surface area contributed by atoms with Gasteiger partial charge in [0, 0.05) is 28.0 Å². The highest BCUT2D eigenvalue weighted by Crippen LogP contribution is 2.49. The van der Waals surface area contributed by atoms with Gasteiger partial charge in [-0.3, -0.25) is 24.5 Å². The summed E-state index contributed by atoms with van der Waals surface area (Å²) >= 11 is 3.40. The van der Waals surface area contributed by atoms with Gasteiger partial charge in [0.1, 0.15) is 6.04 Å². The molecule has 6 rings (SSSR count). The highest BCUT2D eigenvalue weighted by Gasteiger charge is 2.64. The summed E-state index contributed by atoms with van der Waals surface area (Å²) in [6.45, 7) is 0. The molecule has 1 N–H and O–H groups in total. The zero-order valence-electron chi connectivity index (χ0n) is 19.2. The van der Waals surface area contributed by atoms with Gasteiger partial charge < -0.3 is 10.2 Å². The zero-order chi connectivity index (χ0) is 25.8. The molecule has 0 aromatic heterocycles. The van der Waals surface area contributed by atoms with Gasteiger partial charge in [0.05, 0.1) is 28.5 Å². The van der Waals surface area contributed by atoms with Gasteiger partial charge in [-0.1, -0.05) is 52.3 Å². The first-order chi connectivity index (χ1) is 17.8. The van der Waals surface area contributed by atoms with Crippen molar-refractivity contribution in [2.24, 2.45) is 11.8 Å². The van der Waals surface area contributed by atoms with Gasteiger partial charge in [0.25, 0.3) is 5.69 Å². The molecule has 0 spiro atoms. The number of anilines is 3. The van der Waals surface area contributed by atoms with Crippen molar-refractivity contribution in [1.29, 1.82) is 0 Å². The van der Waals surface area contributed by atoms with Crippen LogP contribution in [0.25, 0.3) is 6.08 Å². The minimum absolute atomic E-state index is 0.102. The maximum atomic E-state index is 13.8. The van der Waals surface area contributed by atoms with Crippen LogP contribution in [0, 0.1) is 22.0 Å². The van der Waals surface area contributed by atoms with Gasteiger partial charge in [0.2, 0.25) is 17.7 Å². The van der Waals surface area contributed by atoms with Crippen LogP contribution < -0.4 is 15.1 Å². The van der Waals surface area contributed by atoms with E-state index in [1.807, 2.05) is 41.3 Å². The molecule has 3 heterocycles. The van der Waals surface area contributed by atoms with E-state index in [1.165, 1.54) is 29.2 Å². The number of imide groups is 1. The van der Waals surface area contributed by atoms with Crippen LogP contribution >= 0.6 is 15.9 Å². The van der Waals surface area contributed by atoms with Gasteiger partial charge >= 0.3 is 0 Å². The lowest BCUT2D eigenvalue weighted by Gasteiger charge is -2.36. The molecule has 10 heteroatoms.